The summed E-state index contributed by atoms with van der Waals surface area (Å²) in [5.41, 5.74) is 0.647. The number of fused-ring (bicyclic) bond motifs is 1. The van der Waals surface area contributed by atoms with Crippen molar-refractivity contribution in [1.29, 1.82) is 0 Å². The van der Waals surface area contributed by atoms with Crippen molar-refractivity contribution in [2.24, 2.45) is 0 Å². The zero-order chi connectivity index (χ0) is 14.8. The van der Waals surface area contributed by atoms with Crippen LogP contribution in [-0.2, 0) is 11.2 Å². The molecule has 21 heavy (non-hydrogen) atoms. The number of morpholine rings is 1. The lowest BCUT2D eigenvalue weighted by Gasteiger charge is -2.39. The topological polar surface area (TPSA) is 24.5 Å². The van der Waals surface area contributed by atoms with Crippen molar-refractivity contribution in [2.75, 3.05) is 26.7 Å². The molecule has 5 heteroatoms. The van der Waals surface area contributed by atoms with Crippen LogP contribution in [-0.4, -0.2) is 49.8 Å². The lowest BCUT2D eigenvalue weighted by atomic mass is 9.99. The molecule has 0 aromatic heterocycles. The average molecular weight is 313 g/mol. The van der Waals surface area contributed by atoms with Gasteiger partial charge in [-0.05, 0) is 44.5 Å². The standard InChI is InChI=1S/C16H22ClFN2O/c1-19-14(8-11-4-2-6-13(17)16(11)18)15-9-20-7-3-5-12(20)10-21-15/h2,4,6,12,14-15,19H,3,5,7-10H2,1H3. The Balaban J connectivity index is 1.69. The van der Waals surface area contributed by atoms with E-state index in [1.165, 1.54) is 12.8 Å². The van der Waals surface area contributed by atoms with Crippen molar-refractivity contribution in [3.63, 3.8) is 0 Å². The molecule has 1 aromatic rings. The monoisotopic (exact) mass is 312 g/mol. The fourth-order valence-corrected chi connectivity index (χ4v) is 3.64. The highest BCUT2D eigenvalue weighted by Crippen LogP contribution is 2.25. The fraction of sp³-hybridized carbons (Fsp3) is 0.625. The molecule has 3 rings (SSSR count). The summed E-state index contributed by atoms with van der Waals surface area (Å²) in [6, 6.07) is 5.86. The predicted molar refractivity (Wildman–Crippen MR) is 82.3 cm³/mol. The molecule has 2 aliphatic heterocycles. The molecule has 0 saturated carbocycles. The summed E-state index contributed by atoms with van der Waals surface area (Å²) in [6.45, 7) is 2.88. The number of ether oxygens (including phenoxy) is 1. The van der Waals surface area contributed by atoms with Crippen LogP contribution < -0.4 is 5.32 Å². The zero-order valence-electron chi connectivity index (χ0n) is 12.3. The number of hydrogen-bond donors (Lipinski definition) is 1. The molecule has 0 radical (unpaired) electrons. The van der Waals surface area contributed by atoms with Gasteiger partial charge >= 0.3 is 0 Å². The number of nitrogens with one attached hydrogen (secondary N) is 1. The van der Waals surface area contributed by atoms with E-state index in [4.69, 9.17) is 16.3 Å². The Labute approximate surface area is 130 Å². The summed E-state index contributed by atoms with van der Waals surface area (Å²) in [7, 11) is 1.91. The quantitative estimate of drug-likeness (QED) is 0.924. The molecular formula is C16H22ClFN2O. The number of nitrogens with zero attached hydrogens (tertiary/aromatic N) is 1. The van der Waals surface area contributed by atoms with Gasteiger partial charge in [0.2, 0.25) is 0 Å². The van der Waals surface area contributed by atoms with Crippen LogP contribution >= 0.6 is 11.6 Å². The molecule has 2 heterocycles. The Morgan fingerprint density at radius 1 is 1.52 bits per heavy atom. The second-order valence-electron chi connectivity index (χ2n) is 5.98. The van der Waals surface area contributed by atoms with Crippen molar-refractivity contribution in [2.45, 2.75) is 37.5 Å². The third kappa shape index (κ3) is 3.24. The van der Waals surface area contributed by atoms with Crippen LogP contribution in [0.4, 0.5) is 4.39 Å². The van der Waals surface area contributed by atoms with Gasteiger partial charge in [-0.25, -0.2) is 4.39 Å². The normalized spacial score (nSPS) is 27.6. The van der Waals surface area contributed by atoms with Gasteiger partial charge in [0, 0.05) is 18.6 Å². The van der Waals surface area contributed by atoms with Gasteiger partial charge in [0.15, 0.2) is 0 Å². The Morgan fingerprint density at radius 3 is 3.19 bits per heavy atom. The summed E-state index contributed by atoms with van der Waals surface area (Å²) in [4.78, 5) is 2.51. The molecule has 0 amide bonds. The molecule has 0 bridgehead atoms. The number of benzene rings is 1. The summed E-state index contributed by atoms with van der Waals surface area (Å²) in [5, 5.41) is 3.47. The van der Waals surface area contributed by atoms with E-state index < -0.39 is 0 Å². The van der Waals surface area contributed by atoms with Crippen molar-refractivity contribution in [3.8, 4) is 0 Å². The number of halogens is 2. The Hall–Kier alpha value is -0.680. The maximum Gasteiger partial charge on any atom is 0.145 e. The summed E-state index contributed by atoms with van der Waals surface area (Å²) >= 11 is 5.86. The highest BCUT2D eigenvalue weighted by molar-refractivity contribution is 6.30. The lowest BCUT2D eigenvalue weighted by molar-refractivity contribution is -0.0634. The van der Waals surface area contributed by atoms with Crippen molar-refractivity contribution >= 4 is 11.6 Å². The first-order valence-corrected chi connectivity index (χ1v) is 8.02. The number of rotatable bonds is 4. The molecule has 2 fully saturated rings. The predicted octanol–water partition coefficient (Wildman–Crippen LogP) is 2.47. The summed E-state index contributed by atoms with van der Waals surface area (Å²) < 4.78 is 20.1. The van der Waals surface area contributed by atoms with E-state index in [1.54, 1.807) is 18.2 Å². The fourth-order valence-electron chi connectivity index (χ4n) is 3.45. The molecule has 3 atom stereocenters. The maximum atomic E-state index is 14.1. The molecule has 116 valence electrons. The van der Waals surface area contributed by atoms with Crippen molar-refractivity contribution < 1.29 is 9.13 Å². The van der Waals surface area contributed by atoms with Gasteiger partial charge < -0.3 is 10.1 Å². The lowest BCUT2D eigenvalue weighted by Crippen LogP contribution is -2.54. The molecule has 1 aromatic carbocycles. The first-order valence-electron chi connectivity index (χ1n) is 7.65. The molecule has 0 spiro atoms. The van der Waals surface area contributed by atoms with Crippen LogP contribution in [0.25, 0.3) is 0 Å². The van der Waals surface area contributed by atoms with E-state index >= 15 is 0 Å². The molecule has 3 unspecified atom stereocenters. The number of likely N-dealkylation sites (N-methyl/N-ethyl adjacent to an activating group) is 1. The largest absolute Gasteiger partial charge is 0.374 e. The highest BCUT2D eigenvalue weighted by Gasteiger charge is 2.35. The second-order valence-corrected chi connectivity index (χ2v) is 6.38. The van der Waals surface area contributed by atoms with Crippen LogP contribution in [0.3, 0.4) is 0 Å². The molecular weight excluding hydrogens is 291 g/mol. The first-order chi connectivity index (χ1) is 10.2. The van der Waals surface area contributed by atoms with Crippen LogP contribution in [0, 0.1) is 5.82 Å². The van der Waals surface area contributed by atoms with Crippen LogP contribution in [0.5, 0.6) is 0 Å². The van der Waals surface area contributed by atoms with E-state index in [9.17, 15) is 4.39 Å². The minimum Gasteiger partial charge on any atom is -0.374 e. The Kier molecular flexibility index (Phi) is 4.79. The summed E-state index contributed by atoms with van der Waals surface area (Å²) in [6.07, 6.45) is 3.18. The third-order valence-electron chi connectivity index (χ3n) is 4.71. The SMILES string of the molecule is CNC(Cc1cccc(Cl)c1F)C1CN2CCCC2CO1. The minimum atomic E-state index is -0.311. The van der Waals surface area contributed by atoms with Gasteiger partial charge in [-0.3, -0.25) is 4.90 Å². The van der Waals surface area contributed by atoms with Gasteiger partial charge in [0.1, 0.15) is 5.82 Å². The van der Waals surface area contributed by atoms with Gasteiger partial charge in [-0.2, -0.15) is 0 Å². The van der Waals surface area contributed by atoms with Crippen LogP contribution in [0.1, 0.15) is 18.4 Å². The van der Waals surface area contributed by atoms with E-state index in [2.05, 4.69) is 10.2 Å². The maximum absolute atomic E-state index is 14.1. The van der Waals surface area contributed by atoms with E-state index in [-0.39, 0.29) is 23.0 Å². The van der Waals surface area contributed by atoms with Crippen molar-refractivity contribution in [1.82, 2.24) is 10.2 Å². The minimum absolute atomic E-state index is 0.0968. The second kappa shape index (κ2) is 6.61. The van der Waals surface area contributed by atoms with Crippen molar-refractivity contribution in [3.05, 3.63) is 34.6 Å². The molecule has 1 N–H and O–H groups in total. The van der Waals surface area contributed by atoms with Gasteiger partial charge in [0.05, 0.1) is 17.7 Å². The molecule has 3 nitrogen and oxygen atoms in total. The molecule has 2 saturated heterocycles. The smallest absolute Gasteiger partial charge is 0.145 e. The zero-order valence-corrected chi connectivity index (χ0v) is 13.1. The van der Waals surface area contributed by atoms with Gasteiger partial charge in [-0.15, -0.1) is 0 Å². The van der Waals surface area contributed by atoms with Gasteiger partial charge in [-0.1, -0.05) is 23.7 Å². The van der Waals surface area contributed by atoms with Crippen LogP contribution in [0.15, 0.2) is 18.2 Å². The van der Waals surface area contributed by atoms with Gasteiger partial charge in [0.25, 0.3) is 0 Å². The van der Waals surface area contributed by atoms with E-state index in [1.807, 2.05) is 7.05 Å². The average Bonchev–Trinajstić information content (AvgIpc) is 2.96. The first kappa shape index (κ1) is 15.2. The molecule has 2 aliphatic rings. The Morgan fingerprint density at radius 2 is 2.38 bits per heavy atom. The number of hydrogen-bond acceptors (Lipinski definition) is 3. The third-order valence-corrected chi connectivity index (χ3v) is 5.00. The van der Waals surface area contributed by atoms with E-state index in [0.29, 0.717) is 18.0 Å². The van der Waals surface area contributed by atoms with E-state index in [0.717, 1.165) is 19.7 Å². The van der Waals surface area contributed by atoms with Crippen LogP contribution in [0.2, 0.25) is 5.02 Å². The highest BCUT2D eigenvalue weighted by atomic mass is 35.5. The Bertz CT molecular complexity index is 499. The summed E-state index contributed by atoms with van der Waals surface area (Å²) in [5.74, 6) is -0.311. The molecule has 0 aliphatic carbocycles.